The Bertz CT molecular complexity index is 248. The number of hydrogen-bond acceptors (Lipinski definition) is 4. The second kappa shape index (κ2) is 7.45. The van der Waals surface area contributed by atoms with Gasteiger partial charge in [-0.25, -0.2) is 4.79 Å². The summed E-state index contributed by atoms with van der Waals surface area (Å²) in [5.74, 6) is -0.739. The SMILES string of the molecule is C=C(C)C(=O)OCCCOC(=O)C(C)Br. The first-order chi connectivity index (χ1) is 6.95. The molecule has 1 unspecified atom stereocenters. The van der Waals surface area contributed by atoms with Gasteiger partial charge in [0.05, 0.1) is 13.2 Å². The van der Waals surface area contributed by atoms with Crippen LogP contribution in [0.3, 0.4) is 0 Å². The normalized spacial score (nSPS) is 11.7. The Morgan fingerprint density at radius 3 is 2.33 bits per heavy atom. The monoisotopic (exact) mass is 278 g/mol. The smallest absolute Gasteiger partial charge is 0.333 e. The van der Waals surface area contributed by atoms with Crippen molar-refractivity contribution in [2.24, 2.45) is 0 Å². The van der Waals surface area contributed by atoms with Gasteiger partial charge in [0.25, 0.3) is 0 Å². The van der Waals surface area contributed by atoms with Gasteiger partial charge in [0.15, 0.2) is 0 Å². The van der Waals surface area contributed by atoms with Gasteiger partial charge in [0.2, 0.25) is 0 Å². The second-order valence-corrected chi connectivity index (χ2v) is 4.43. The third-order valence-corrected chi connectivity index (χ3v) is 1.81. The lowest BCUT2D eigenvalue weighted by Crippen LogP contribution is -2.16. The molecular weight excluding hydrogens is 264 g/mol. The molecule has 0 aliphatic rings. The molecule has 0 fully saturated rings. The topological polar surface area (TPSA) is 52.6 Å². The Kier molecular flexibility index (Phi) is 7.03. The van der Waals surface area contributed by atoms with Gasteiger partial charge >= 0.3 is 11.9 Å². The van der Waals surface area contributed by atoms with Crippen molar-refractivity contribution >= 4 is 27.9 Å². The highest BCUT2D eigenvalue weighted by atomic mass is 79.9. The van der Waals surface area contributed by atoms with E-state index in [-0.39, 0.29) is 24.0 Å². The molecule has 0 aromatic heterocycles. The van der Waals surface area contributed by atoms with Crippen LogP contribution in [0, 0.1) is 0 Å². The molecule has 5 heteroatoms. The van der Waals surface area contributed by atoms with Crippen molar-refractivity contribution in [3.05, 3.63) is 12.2 Å². The average molecular weight is 279 g/mol. The first-order valence-electron chi connectivity index (χ1n) is 4.58. The molecule has 15 heavy (non-hydrogen) atoms. The molecule has 0 radical (unpaired) electrons. The quantitative estimate of drug-likeness (QED) is 0.322. The van der Waals surface area contributed by atoms with E-state index in [9.17, 15) is 9.59 Å². The van der Waals surface area contributed by atoms with Gasteiger partial charge < -0.3 is 9.47 Å². The third kappa shape index (κ3) is 7.13. The summed E-state index contributed by atoms with van der Waals surface area (Å²) in [6.07, 6.45) is 0.491. The molecule has 0 aliphatic carbocycles. The van der Waals surface area contributed by atoms with Crippen LogP contribution in [0.5, 0.6) is 0 Å². The van der Waals surface area contributed by atoms with E-state index in [0.29, 0.717) is 12.0 Å². The maximum absolute atomic E-state index is 11.0. The molecule has 0 aromatic rings. The standard InChI is InChI=1S/C10H15BrO4/c1-7(2)9(12)14-5-4-6-15-10(13)8(3)11/h8H,1,4-6H2,2-3H3. The van der Waals surface area contributed by atoms with Crippen LogP contribution in [0.4, 0.5) is 0 Å². The van der Waals surface area contributed by atoms with E-state index in [1.165, 1.54) is 0 Å². The predicted octanol–water partition coefficient (Wildman–Crippen LogP) is 1.82. The summed E-state index contributed by atoms with van der Waals surface area (Å²) in [4.78, 5) is 21.6. The van der Waals surface area contributed by atoms with Crippen LogP contribution in [-0.4, -0.2) is 30.0 Å². The van der Waals surface area contributed by atoms with Crippen LogP contribution in [0.2, 0.25) is 0 Å². The summed E-state index contributed by atoms with van der Waals surface area (Å²) < 4.78 is 9.65. The maximum Gasteiger partial charge on any atom is 0.333 e. The largest absolute Gasteiger partial charge is 0.465 e. The summed E-state index contributed by atoms with van der Waals surface area (Å²) in [6.45, 7) is 7.18. The van der Waals surface area contributed by atoms with E-state index in [1.807, 2.05) is 0 Å². The van der Waals surface area contributed by atoms with Crippen LogP contribution in [0.25, 0.3) is 0 Å². The molecule has 0 aromatic carbocycles. The number of carbonyl (C=O) groups is 2. The minimum Gasteiger partial charge on any atom is -0.465 e. The summed E-state index contributed by atoms with van der Waals surface area (Å²) in [5.41, 5.74) is 0.362. The zero-order valence-electron chi connectivity index (χ0n) is 8.92. The van der Waals surface area contributed by atoms with E-state index in [2.05, 4.69) is 22.5 Å². The van der Waals surface area contributed by atoms with E-state index in [1.54, 1.807) is 13.8 Å². The van der Waals surface area contributed by atoms with Gasteiger partial charge in [-0.3, -0.25) is 4.79 Å². The zero-order valence-corrected chi connectivity index (χ0v) is 10.5. The number of esters is 2. The number of alkyl halides is 1. The number of ether oxygens (including phenoxy) is 2. The van der Waals surface area contributed by atoms with Crippen molar-refractivity contribution in [3.8, 4) is 0 Å². The number of rotatable bonds is 6. The van der Waals surface area contributed by atoms with Gasteiger partial charge in [0.1, 0.15) is 4.83 Å². The van der Waals surface area contributed by atoms with Crippen LogP contribution in [0.15, 0.2) is 12.2 Å². The lowest BCUT2D eigenvalue weighted by molar-refractivity contribution is -0.143. The van der Waals surface area contributed by atoms with E-state index < -0.39 is 5.97 Å². The van der Waals surface area contributed by atoms with Gasteiger partial charge in [0, 0.05) is 12.0 Å². The molecule has 0 heterocycles. The fourth-order valence-corrected chi connectivity index (χ4v) is 0.767. The third-order valence-electron chi connectivity index (χ3n) is 1.44. The molecule has 1 atom stereocenters. The first kappa shape index (κ1) is 14.2. The molecule has 86 valence electrons. The molecular formula is C10H15BrO4. The number of carbonyl (C=O) groups excluding carboxylic acids is 2. The summed E-state index contributed by atoms with van der Waals surface area (Å²) in [5, 5.41) is 0. The van der Waals surface area contributed by atoms with Crippen molar-refractivity contribution in [2.45, 2.75) is 25.1 Å². The molecule has 0 spiro atoms. The van der Waals surface area contributed by atoms with Gasteiger partial charge in [-0.2, -0.15) is 0 Å². The lowest BCUT2D eigenvalue weighted by atomic mass is 10.4. The van der Waals surface area contributed by atoms with E-state index >= 15 is 0 Å². The molecule has 0 N–H and O–H groups in total. The highest BCUT2D eigenvalue weighted by Crippen LogP contribution is 2.00. The van der Waals surface area contributed by atoms with Crippen molar-refractivity contribution in [2.75, 3.05) is 13.2 Å². The van der Waals surface area contributed by atoms with Crippen LogP contribution >= 0.6 is 15.9 Å². The summed E-state index contributed by atoms with van der Waals surface area (Å²) in [6, 6.07) is 0. The Balaban J connectivity index is 3.44. The predicted molar refractivity (Wildman–Crippen MR) is 59.7 cm³/mol. The second-order valence-electron chi connectivity index (χ2n) is 3.05. The van der Waals surface area contributed by atoms with Gasteiger partial charge in [-0.05, 0) is 13.8 Å². The Hall–Kier alpha value is -0.840. The fourth-order valence-electron chi connectivity index (χ4n) is 0.635. The van der Waals surface area contributed by atoms with Crippen LogP contribution in [0.1, 0.15) is 20.3 Å². The molecule has 0 saturated carbocycles. The van der Waals surface area contributed by atoms with E-state index in [4.69, 9.17) is 9.47 Å². The Morgan fingerprint density at radius 1 is 1.33 bits per heavy atom. The van der Waals surface area contributed by atoms with Crippen LogP contribution < -0.4 is 0 Å². The summed E-state index contributed by atoms with van der Waals surface area (Å²) in [7, 11) is 0. The van der Waals surface area contributed by atoms with Crippen molar-refractivity contribution in [1.82, 2.24) is 0 Å². The Labute approximate surface area is 97.8 Å². The highest BCUT2D eigenvalue weighted by molar-refractivity contribution is 9.10. The minimum absolute atomic E-state index is 0.232. The van der Waals surface area contributed by atoms with Crippen LogP contribution in [-0.2, 0) is 19.1 Å². The zero-order chi connectivity index (χ0) is 11.8. The molecule has 0 rings (SSSR count). The van der Waals surface area contributed by atoms with Gasteiger partial charge in [-0.1, -0.05) is 22.5 Å². The molecule has 4 nitrogen and oxygen atoms in total. The average Bonchev–Trinajstić information content (AvgIpc) is 2.16. The Morgan fingerprint density at radius 2 is 1.87 bits per heavy atom. The minimum atomic E-state index is -0.421. The van der Waals surface area contributed by atoms with Crippen molar-refractivity contribution < 1.29 is 19.1 Å². The number of hydrogen-bond donors (Lipinski definition) is 0. The molecule has 0 amide bonds. The molecule has 0 aliphatic heterocycles. The highest BCUT2D eigenvalue weighted by Gasteiger charge is 2.09. The van der Waals surface area contributed by atoms with E-state index in [0.717, 1.165) is 0 Å². The van der Waals surface area contributed by atoms with Crippen molar-refractivity contribution in [3.63, 3.8) is 0 Å². The molecule has 0 saturated heterocycles. The molecule has 0 bridgehead atoms. The fraction of sp³-hybridized carbons (Fsp3) is 0.600. The first-order valence-corrected chi connectivity index (χ1v) is 5.50. The lowest BCUT2D eigenvalue weighted by Gasteiger charge is -2.06. The van der Waals surface area contributed by atoms with Crippen molar-refractivity contribution in [1.29, 1.82) is 0 Å². The maximum atomic E-state index is 11.0. The summed E-state index contributed by atoms with van der Waals surface area (Å²) >= 11 is 3.08. The number of halogens is 1. The van der Waals surface area contributed by atoms with Gasteiger partial charge in [-0.15, -0.1) is 0 Å².